The van der Waals surface area contributed by atoms with Crippen LogP contribution in [0.1, 0.15) is 0 Å². The average Bonchev–Trinajstić information content (AvgIpc) is 1.72. The summed E-state index contributed by atoms with van der Waals surface area (Å²) in [5.74, 6) is 0. The number of halogens is 1. The first-order chi connectivity index (χ1) is 3.00. The van der Waals surface area contributed by atoms with Crippen LogP contribution in [0.25, 0.3) is 0 Å². The summed E-state index contributed by atoms with van der Waals surface area (Å²) in [6.07, 6.45) is 3.63. The second kappa shape index (κ2) is 2.34. The maximum atomic E-state index is 4.80. The van der Waals surface area contributed by atoms with Gasteiger partial charge >= 0.3 is 46.7 Å². The van der Waals surface area contributed by atoms with E-state index in [1.807, 2.05) is 6.29 Å². The molecule has 0 saturated heterocycles. The first-order valence-corrected chi connectivity index (χ1v) is 4.73. The van der Waals surface area contributed by atoms with Gasteiger partial charge in [0.2, 0.25) is 0 Å². The molecule has 1 nitrogen and oxygen atoms in total. The first-order valence-electron chi connectivity index (χ1n) is 1.74. The molecule has 34 valence electrons. The van der Waals surface area contributed by atoms with E-state index in [0.29, 0.717) is 0 Å². The standard InChI is InChI=1S/C4H6IO/c1-3-6-4-2-5-1/h1,3-5H,2H2/q+1. The zero-order chi connectivity index (χ0) is 4.24. The zero-order valence-electron chi connectivity index (χ0n) is 3.26. The number of carbonyl (C=O) groups excluding carboxylic acids is 1. The van der Waals surface area contributed by atoms with Crippen molar-refractivity contribution < 1.29 is 4.42 Å². The molecule has 1 heterocycles. The minimum atomic E-state index is 0.211. The fraction of sp³-hybridized carbons (Fsp3) is 0.250. The number of alkyl halides is 1. The Morgan fingerprint density at radius 3 is 2.83 bits per heavy atom. The van der Waals surface area contributed by atoms with Gasteiger partial charge < -0.3 is 0 Å². The molecule has 0 aromatic heterocycles. The van der Waals surface area contributed by atoms with Crippen LogP contribution in [0.4, 0.5) is 0 Å². The van der Waals surface area contributed by atoms with E-state index in [0.717, 1.165) is 0 Å². The van der Waals surface area contributed by atoms with E-state index >= 15 is 0 Å². The van der Waals surface area contributed by atoms with Gasteiger partial charge in [-0.2, -0.15) is 0 Å². The van der Waals surface area contributed by atoms with Crippen LogP contribution in [-0.4, -0.2) is 10.7 Å². The molecule has 0 radical (unpaired) electrons. The molecule has 0 aromatic rings. The van der Waals surface area contributed by atoms with Gasteiger partial charge in [0.25, 0.3) is 0 Å². The van der Waals surface area contributed by atoms with E-state index in [2.05, 4.69) is 4.08 Å². The van der Waals surface area contributed by atoms with Gasteiger partial charge in [0, 0.05) is 0 Å². The van der Waals surface area contributed by atoms with Crippen LogP contribution in [0.2, 0.25) is 0 Å². The molecule has 0 aromatic carbocycles. The molecule has 6 heavy (non-hydrogen) atoms. The summed E-state index contributed by atoms with van der Waals surface area (Å²) in [4.78, 5) is 0. The topological polar surface area (TPSA) is 11.3 Å². The van der Waals surface area contributed by atoms with Gasteiger partial charge in [-0.1, -0.05) is 0 Å². The van der Waals surface area contributed by atoms with Gasteiger partial charge in [-0.05, 0) is 0 Å². The Hall–Kier alpha value is 0.140. The normalized spacial score (nSPS) is 20.0. The first kappa shape index (κ1) is 4.30. The SMILES string of the molecule is C1=C[IH]CC=[O+]1. The molecule has 0 spiro atoms. The van der Waals surface area contributed by atoms with Crippen molar-refractivity contribution in [2.24, 2.45) is 0 Å². The summed E-state index contributed by atoms with van der Waals surface area (Å²) in [6.45, 7) is 0. The Bertz CT molecular complexity index is 73.5. The van der Waals surface area contributed by atoms with Crippen LogP contribution in [0, 0.1) is 0 Å². The van der Waals surface area contributed by atoms with E-state index < -0.39 is 0 Å². The Morgan fingerprint density at radius 2 is 2.67 bits per heavy atom. The summed E-state index contributed by atoms with van der Waals surface area (Å²) in [6, 6.07) is 0. The molecule has 1 aliphatic rings. The Kier molecular flexibility index (Phi) is 1.68. The average molecular weight is 197 g/mol. The van der Waals surface area contributed by atoms with Gasteiger partial charge in [0.15, 0.2) is 0 Å². The van der Waals surface area contributed by atoms with E-state index in [1.165, 1.54) is 4.43 Å². The predicted molar refractivity (Wildman–Crippen MR) is 35.5 cm³/mol. The zero-order valence-corrected chi connectivity index (χ0v) is 5.59. The number of rotatable bonds is 0. The molecule has 0 bridgehead atoms. The van der Waals surface area contributed by atoms with Crippen molar-refractivity contribution in [3.8, 4) is 0 Å². The van der Waals surface area contributed by atoms with E-state index in [-0.39, 0.29) is 21.2 Å². The second-order valence-electron chi connectivity index (χ2n) is 0.908. The molecule has 0 aliphatic carbocycles. The summed E-state index contributed by atoms with van der Waals surface area (Å²) in [5.41, 5.74) is 0. The van der Waals surface area contributed by atoms with Crippen molar-refractivity contribution >= 4 is 27.5 Å². The third-order valence-corrected chi connectivity index (χ3v) is 2.29. The van der Waals surface area contributed by atoms with Gasteiger partial charge in [-0.3, -0.25) is 0 Å². The Labute approximate surface area is 47.0 Å². The van der Waals surface area contributed by atoms with Crippen molar-refractivity contribution in [1.29, 1.82) is 0 Å². The predicted octanol–water partition coefficient (Wildman–Crippen LogP) is 0.909. The molecule has 0 atom stereocenters. The Balaban J connectivity index is 2.46. The third-order valence-electron chi connectivity index (χ3n) is 0.491. The van der Waals surface area contributed by atoms with E-state index in [1.54, 1.807) is 6.26 Å². The molecule has 1 rings (SSSR count). The van der Waals surface area contributed by atoms with E-state index in [9.17, 15) is 0 Å². The monoisotopic (exact) mass is 197 g/mol. The fourth-order valence-electron chi connectivity index (χ4n) is 0.261. The summed E-state index contributed by atoms with van der Waals surface area (Å²) in [5, 5.41) is 0. The second-order valence-corrected chi connectivity index (χ2v) is 3.59. The van der Waals surface area contributed by atoms with Crippen LogP contribution < -0.4 is 0 Å². The third kappa shape index (κ3) is 1.08. The van der Waals surface area contributed by atoms with Crippen molar-refractivity contribution in [3.63, 3.8) is 0 Å². The van der Waals surface area contributed by atoms with Crippen molar-refractivity contribution in [2.45, 2.75) is 0 Å². The molecule has 0 fully saturated rings. The summed E-state index contributed by atoms with van der Waals surface area (Å²) in [7, 11) is 0. The van der Waals surface area contributed by atoms with Gasteiger partial charge in [-0.25, -0.2) is 0 Å². The molecule has 0 unspecified atom stereocenters. The van der Waals surface area contributed by atoms with Crippen molar-refractivity contribution in [2.75, 3.05) is 4.43 Å². The number of aldehydes is 1. The van der Waals surface area contributed by atoms with Crippen molar-refractivity contribution in [1.82, 2.24) is 0 Å². The van der Waals surface area contributed by atoms with Crippen LogP contribution in [0.15, 0.2) is 10.3 Å². The van der Waals surface area contributed by atoms with Crippen LogP contribution >= 0.6 is 21.2 Å². The maximum absolute atomic E-state index is 4.80. The summed E-state index contributed by atoms with van der Waals surface area (Å²) < 4.78 is 8.14. The minimum absolute atomic E-state index is 0.211. The van der Waals surface area contributed by atoms with Crippen LogP contribution in [0.5, 0.6) is 0 Å². The number of hydrogen-bond donors (Lipinski definition) is 0. The molecular formula is C4H6IO+. The molecule has 0 N–H and O–H groups in total. The quantitative estimate of drug-likeness (QED) is 0.236. The van der Waals surface area contributed by atoms with Crippen LogP contribution in [-0.2, 0) is 4.42 Å². The van der Waals surface area contributed by atoms with Crippen molar-refractivity contribution in [3.05, 3.63) is 10.3 Å². The molecule has 0 saturated carbocycles. The summed E-state index contributed by atoms with van der Waals surface area (Å²) >= 11 is 0.211. The molecule has 1 aliphatic heterocycles. The Morgan fingerprint density at radius 1 is 1.67 bits per heavy atom. The van der Waals surface area contributed by atoms with Crippen LogP contribution in [0.3, 0.4) is 0 Å². The van der Waals surface area contributed by atoms with Gasteiger partial charge in [-0.15, -0.1) is 0 Å². The molecule has 0 amide bonds. The van der Waals surface area contributed by atoms with Gasteiger partial charge in [0.05, 0.1) is 0 Å². The van der Waals surface area contributed by atoms with Gasteiger partial charge in [0.1, 0.15) is 0 Å². The van der Waals surface area contributed by atoms with E-state index in [4.69, 9.17) is 4.42 Å². The fourth-order valence-corrected chi connectivity index (χ4v) is 1.43. The number of hydrogen-bond acceptors (Lipinski definition) is 0. The molecular weight excluding hydrogens is 191 g/mol. The molecule has 2 heteroatoms.